The first kappa shape index (κ1) is 17.1. The maximum Gasteiger partial charge on any atom is 0.139 e. The lowest BCUT2D eigenvalue weighted by Gasteiger charge is -2.14. The Balaban J connectivity index is 1.74. The Morgan fingerprint density at radius 3 is 2.95 bits per heavy atom. The molecule has 0 radical (unpaired) electrons. The molecule has 0 fully saturated rings. The van der Waals surface area contributed by atoms with Gasteiger partial charge in [-0.05, 0) is 25.1 Å². The van der Waals surface area contributed by atoms with Gasteiger partial charge in [0.2, 0.25) is 0 Å². The number of aromatic nitrogens is 2. The molecule has 1 aromatic heterocycles. The van der Waals surface area contributed by atoms with Crippen LogP contribution in [0.4, 0.5) is 0 Å². The molecule has 0 spiro atoms. The zero-order valence-electron chi connectivity index (χ0n) is 12.3. The number of halogens is 2. The lowest BCUT2D eigenvalue weighted by molar-refractivity contribution is 0.106. The highest BCUT2D eigenvalue weighted by Crippen LogP contribution is 2.31. The van der Waals surface area contributed by atoms with E-state index in [4.69, 9.17) is 27.9 Å². The van der Waals surface area contributed by atoms with E-state index in [0.717, 1.165) is 12.2 Å². The molecule has 0 amide bonds. The number of aliphatic hydroxyl groups excluding tert-OH is 1. The van der Waals surface area contributed by atoms with Crippen molar-refractivity contribution >= 4 is 23.2 Å². The normalized spacial score (nSPS) is 12.4. The first-order chi connectivity index (χ1) is 10.6. The van der Waals surface area contributed by atoms with E-state index in [1.165, 1.54) is 0 Å². The van der Waals surface area contributed by atoms with Crippen LogP contribution in [0.1, 0.15) is 12.6 Å². The second-order valence-corrected chi connectivity index (χ2v) is 5.57. The maximum absolute atomic E-state index is 9.94. The highest BCUT2D eigenvalue weighted by Gasteiger charge is 2.09. The van der Waals surface area contributed by atoms with Gasteiger partial charge in [-0.2, -0.15) is 5.10 Å². The Kier molecular flexibility index (Phi) is 6.51. The fourth-order valence-electron chi connectivity index (χ4n) is 2.00. The Labute approximate surface area is 139 Å². The number of hydrogen-bond acceptors (Lipinski definition) is 4. The van der Waals surface area contributed by atoms with Crippen molar-refractivity contribution in [3.8, 4) is 5.75 Å². The van der Waals surface area contributed by atoms with Gasteiger partial charge >= 0.3 is 0 Å². The molecular weight excluding hydrogens is 325 g/mol. The van der Waals surface area contributed by atoms with E-state index in [9.17, 15) is 5.11 Å². The lowest BCUT2D eigenvalue weighted by Crippen LogP contribution is -2.31. The van der Waals surface area contributed by atoms with Crippen LogP contribution in [0.25, 0.3) is 0 Å². The van der Waals surface area contributed by atoms with Crippen molar-refractivity contribution in [2.75, 3.05) is 13.2 Å². The first-order valence-electron chi connectivity index (χ1n) is 7.08. The van der Waals surface area contributed by atoms with Gasteiger partial charge in [0.15, 0.2) is 0 Å². The molecule has 0 saturated heterocycles. The summed E-state index contributed by atoms with van der Waals surface area (Å²) < 4.78 is 7.39. The van der Waals surface area contributed by atoms with Crippen LogP contribution in [0, 0.1) is 0 Å². The molecule has 2 aromatic rings. The summed E-state index contributed by atoms with van der Waals surface area (Å²) in [5.74, 6) is 0.470. The van der Waals surface area contributed by atoms with Gasteiger partial charge in [-0.15, -0.1) is 0 Å². The summed E-state index contributed by atoms with van der Waals surface area (Å²) in [5.41, 5.74) is 1.08. The molecule has 2 rings (SSSR count). The SMILES string of the molecule is CCn1nccc1CNCC(O)COc1cccc(Cl)c1Cl. The zero-order chi connectivity index (χ0) is 15.9. The van der Waals surface area contributed by atoms with E-state index in [2.05, 4.69) is 10.4 Å². The smallest absolute Gasteiger partial charge is 0.139 e. The number of rotatable bonds is 8. The molecule has 0 saturated carbocycles. The number of nitrogens with one attached hydrogen (secondary N) is 1. The van der Waals surface area contributed by atoms with Crippen LogP contribution < -0.4 is 10.1 Å². The fourth-order valence-corrected chi connectivity index (χ4v) is 2.35. The summed E-state index contributed by atoms with van der Waals surface area (Å²) in [7, 11) is 0. The molecule has 1 unspecified atom stereocenters. The van der Waals surface area contributed by atoms with Crippen LogP contribution in [-0.2, 0) is 13.1 Å². The van der Waals surface area contributed by atoms with Crippen molar-refractivity contribution in [2.45, 2.75) is 26.1 Å². The fraction of sp³-hybridized carbons (Fsp3) is 0.400. The second kappa shape index (κ2) is 8.39. The van der Waals surface area contributed by atoms with Gasteiger partial charge in [-0.1, -0.05) is 29.3 Å². The number of nitrogens with zero attached hydrogens (tertiary/aromatic N) is 2. The summed E-state index contributed by atoms with van der Waals surface area (Å²) in [6, 6.07) is 7.10. The van der Waals surface area contributed by atoms with E-state index in [0.29, 0.717) is 28.9 Å². The summed E-state index contributed by atoms with van der Waals surface area (Å²) in [4.78, 5) is 0. The van der Waals surface area contributed by atoms with Gasteiger partial charge in [-0.3, -0.25) is 4.68 Å². The van der Waals surface area contributed by atoms with Gasteiger partial charge < -0.3 is 15.2 Å². The molecule has 7 heteroatoms. The van der Waals surface area contributed by atoms with Crippen molar-refractivity contribution in [2.24, 2.45) is 0 Å². The van der Waals surface area contributed by atoms with Crippen LogP contribution in [-0.4, -0.2) is 34.1 Å². The highest BCUT2D eigenvalue weighted by molar-refractivity contribution is 6.42. The van der Waals surface area contributed by atoms with Gasteiger partial charge in [0, 0.05) is 25.8 Å². The molecule has 120 valence electrons. The predicted octanol–water partition coefficient (Wildman–Crippen LogP) is 2.74. The third kappa shape index (κ3) is 4.61. The van der Waals surface area contributed by atoms with Crippen LogP contribution in [0.2, 0.25) is 10.0 Å². The number of hydrogen-bond donors (Lipinski definition) is 2. The summed E-state index contributed by atoms with van der Waals surface area (Å²) in [5, 5.41) is 18.1. The van der Waals surface area contributed by atoms with Crippen LogP contribution in [0.15, 0.2) is 30.5 Å². The van der Waals surface area contributed by atoms with E-state index in [1.54, 1.807) is 24.4 Å². The van der Waals surface area contributed by atoms with Crippen LogP contribution >= 0.6 is 23.2 Å². The first-order valence-corrected chi connectivity index (χ1v) is 7.83. The van der Waals surface area contributed by atoms with Gasteiger partial charge in [-0.25, -0.2) is 0 Å². The average molecular weight is 344 g/mol. The molecule has 1 aromatic carbocycles. The standard InChI is InChI=1S/C15H19Cl2N3O2/c1-2-20-11(6-7-19-20)8-18-9-12(21)10-22-14-5-3-4-13(16)15(14)17/h3-7,12,18,21H,2,8-10H2,1H3. The summed E-state index contributed by atoms with van der Waals surface area (Å²) >= 11 is 11.9. The topological polar surface area (TPSA) is 59.3 Å². The summed E-state index contributed by atoms with van der Waals surface area (Å²) in [6.45, 7) is 4.05. The highest BCUT2D eigenvalue weighted by atomic mass is 35.5. The number of aryl methyl sites for hydroxylation is 1. The number of ether oxygens (including phenoxy) is 1. The quantitative estimate of drug-likeness (QED) is 0.773. The molecule has 22 heavy (non-hydrogen) atoms. The zero-order valence-corrected chi connectivity index (χ0v) is 13.8. The van der Waals surface area contributed by atoms with Crippen molar-refractivity contribution in [1.29, 1.82) is 0 Å². The number of aliphatic hydroxyl groups is 1. The third-order valence-corrected chi connectivity index (χ3v) is 3.94. The largest absolute Gasteiger partial charge is 0.489 e. The monoisotopic (exact) mass is 343 g/mol. The predicted molar refractivity (Wildman–Crippen MR) is 87.6 cm³/mol. The molecule has 0 aliphatic carbocycles. The molecule has 0 aliphatic rings. The van der Waals surface area contributed by atoms with E-state index < -0.39 is 6.10 Å². The van der Waals surface area contributed by atoms with Crippen LogP contribution in [0.5, 0.6) is 5.75 Å². The van der Waals surface area contributed by atoms with Crippen molar-refractivity contribution < 1.29 is 9.84 Å². The minimum Gasteiger partial charge on any atom is -0.489 e. The Hall–Kier alpha value is -1.27. The lowest BCUT2D eigenvalue weighted by atomic mass is 10.3. The molecule has 0 bridgehead atoms. The minimum absolute atomic E-state index is 0.139. The van der Waals surface area contributed by atoms with Gasteiger partial charge in [0.05, 0.1) is 10.7 Å². The summed E-state index contributed by atoms with van der Waals surface area (Å²) in [6.07, 6.45) is 1.12. The molecule has 2 N–H and O–H groups in total. The van der Waals surface area contributed by atoms with Crippen molar-refractivity contribution in [3.05, 3.63) is 46.2 Å². The Bertz CT molecular complexity index is 604. The van der Waals surface area contributed by atoms with Crippen molar-refractivity contribution in [1.82, 2.24) is 15.1 Å². The van der Waals surface area contributed by atoms with Crippen LogP contribution in [0.3, 0.4) is 0 Å². The van der Waals surface area contributed by atoms with E-state index in [1.807, 2.05) is 17.7 Å². The number of benzene rings is 1. The van der Waals surface area contributed by atoms with Gasteiger partial charge in [0.1, 0.15) is 23.5 Å². The molecule has 0 aliphatic heterocycles. The third-order valence-electron chi connectivity index (χ3n) is 3.14. The second-order valence-electron chi connectivity index (χ2n) is 4.79. The Morgan fingerprint density at radius 2 is 2.18 bits per heavy atom. The molecule has 1 atom stereocenters. The van der Waals surface area contributed by atoms with E-state index in [-0.39, 0.29) is 6.61 Å². The molecular formula is C15H19Cl2N3O2. The Morgan fingerprint density at radius 1 is 1.36 bits per heavy atom. The molecule has 1 heterocycles. The maximum atomic E-state index is 9.94. The van der Waals surface area contributed by atoms with E-state index >= 15 is 0 Å². The average Bonchev–Trinajstić information content (AvgIpc) is 2.96. The molecule has 5 nitrogen and oxygen atoms in total. The van der Waals surface area contributed by atoms with Crippen molar-refractivity contribution in [3.63, 3.8) is 0 Å². The minimum atomic E-state index is -0.645. The van der Waals surface area contributed by atoms with Gasteiger partial charge in [0.25, 0.3) is 0 Å².